The van der Waals surface area contributed by atoms with Gasteiger partial charge in [0.05, 0.1) is 11.9 Å². The molecule has 0 fully saturated rings. The van der Waals surface area contributed by atoms with Gasteiger partial charge in [0, 0.05) is 19.2 Å². The van der Waals surface area contributed by atoms with E-state index in [1.807, 2.05) is 36.5 Å². The Bertz CT molecular complexity index is 967. The third-order valence-electron chi connectivity index (χ3n) is 5.76. The number of nitrogens with zero attached hydrogens (tertiary/aromatic N) is 2. The van der Waals surface area contributed by atoms with Gasteiger partial charge < -0.3 is 19.7 Å². The molecule has 3 aromatic rings. The highest BCUT2D eigenvalue weighted by atomic mass is 35.5. The van der Waals surface area contributed by atoms with Crippen LogP contribution in [-0.2, 0) is 6.42 Å². The number of likely N-dealkylation sites (N-methyl/N-ethyl adjacent to an activating group) is 1. The van der Waals surface area contributed by atoms with Gasteiger partial charge >= 0.3 is 0 Å². The largest absolute Gasteiger partial charge is 0.485 e. The summed E-state index contributed by atoms with van der Waals surface area (Å²) < 4.78 is 12.2. The van der Waals surface area contributed by atoms with Crippen LogP contribution < -0.4 is 14.8 Å². The molecule has 0 saturated heterocycles. The Morgan fingerprint density at radius 1 is 1.03 bits per heavy atom. The lowest BCUT2D eigenvalue weighted by molar-refractivity contribution is 0.176. The van der Waals surface area contributed by atoms with E-state index in [-0.39, 0.29) is 30.9 Å². The fraction of sp³-hybridized carbons (Fsp3) is 0.346. The minimum Gasteiger partial charge on any atom is -0.485 e. The molecule has 5 nitrogen and oxygen atoms in total. The Labute approximate surface area is 209 Å². The molecule has 0 radical (unpaired) electrons. The van der Waals surface area contributed by atoms with Crippen LogP contribution in [0.4, 0.5) is 5.69 Å². The van der Waals surface area contributed by atoms with Gasteiger partial charge in [-0.2, -0.15) is 0 Å². The second-order valence-corrected chi connectivity index (χ2v) is 7.77. The van der Waals surface area contributed by atoms with E-state index in [9.17, 15) is 0 Å². The number of aryl methyl sites for hydroxylation is 1. The van der Waals surface area contributed by atoms with Crippen LogP contribution in [0.3, 0.4) is 0 Å². The molecular weight excluding hydrogens is 457 g/mol. The van der Waals surface area contributed by atoms with E-state index in [1.165, 1.54) is 11.1 Å². The first-order chi connectivity index (χ1) is 15.2. The predicted octanol–water partition coefficient (Wildman–Crippen LogP) is 6.54. The van der Waals surface area contributed by atoms with E-state index in [4.69, 9.17) is 9.47 Å². The first kappa shape index (κ1) is 26.8. The first-order valence-electron chi connectivity index (χ1n) is 11.2. The maximum atomic E-state index is 6.23. The summed E-state index contributed by atoms with van der Waals surface area (Å²) in [5, 5.41) is 3.42. The van der Waals surface area contributed by atoms with Crippen molar-refractivity contribution in [1.82, 2.24) is 9.88 Å². The number of rotatable bonds is 9. The number of halogens is 2. The third-order valence-corrected chi connectivity index (χ3v) is 5.76. The van der Waals surface area contributed by atoms with Gasteiger partial charge in [-0.1, -0.05) is 44.2 Å². The van der Waals surface area contributed by atoms with Gasteiger partial charge in [0.2, 0.25) is 5.88 Å². The van der Waals surface area contributed by atoms with E-state index in [0.29, 0.717) is 5.88 Å². The van der Waals surface area contributed by atoms with Gasteiger partial charge in [-0.3, -0.25) is 0 Å². The molecule has 1 aromatic heterocycles. The Morgan fingerprint density at radius 2 is 1.82 bits per heavy atom. The molecule has 1 aliphatic heterocycles. The Hall–Kier alpha value is -2.47. The van der Waals surface area contributed by atoms with Crippen molar-refractivity contribution in [3.63, 3.8) is 0 Å². The number of hydrogen-bond acceptors (Lipinski definition) is 5. The van der Waals surface area contributed by atoms with Crippen LogP contribution >= 0.6 is 24.8 Å². The quantitative estimate of drug-likeness (QED) is 0.369. The molecule has 0 saturated carbocycles. The van der Waals surface area contributed by atoms with Crippen LogP contribution in [0.25, 0.3) is 0 Å². The topological polar surface area (TPSA) is 46.6 Å². The number of fused-ring (bicyclic) bond motifs is 1. The lowest BCUT2D eigenvalue weighted by atomic mass is 9.97. The van der Waals surface area contributed by atoms with Gasteiger partial charge in [-0.15, -0.1) is 24.8 Å². The molecule has 1 atom stereocenters. The van der Waals surface area contributed by atoms with Crippen LogP contribution in [0.15, 0.2) is 66.9 Å². The fourth-order valence-corrected chi connectivity index (χ4v) is 3.89. The zero-order valence-corrected chi connectivity index (χ0v) is 20.8. The lowest BCUT2D eigenvalue weighted by Crippen LogP contribution is -2.28. The summed E-state index contributed by atoms with van der Waals surface area (Å²) in [6.45, 7) is 8.44. The lowest BCUT2D eigenvalue weighted by Gasteiger charge is -2.26. The van der Waals surface area contributed by atoms with E-state index in [2.05, 4.69) is 59.4 Å². The predicted molar refractivity (Wildman–Crippen MR) is 140 cm³/mol. The van der Waals surface area contributed by atoms with Crippen LogP contribution in [0.5, 0.6) is 17.4 Å². The summed E-state index contributed by atoms with van der Waals surface area (Å²) in [5.74, 6) is 2.32. The molecule has 4 rings (SSSR count). The minimum atomic E-state index is 0. The highest BCUT2D eigenvalue weighted by molar-refractivity contribution is 5.85. The highest BCUT2D eigenvalue weighted by Gasteiger charge is 2.21. The first-order valence-corrected chi connectivity index (χ1v) is 11.2. The van der Waals surface area contributed by atoms with E-state index >= 15 is 0 Å². The van der Waals surface area contributed by atoms with Crippen LogP contribution in [0.2, 0.25) is 0 Å². The number of hydrogen-bond donors (Lipinski definition) is 1. The number of nitrogens with one attached hydrogen (secondary N) is 1. The molecule has 0 bridgehead atoms. The van der Waals surface area contributed by atoms with Gasteiger partial charge in [0.1, 0.15) is 17.6 Å². The van der Waals surface area contributed by atoms with Crippen molar-refractivity contribution in [3.05, 3.63) is 78.0 Å². The molecule has 178 valence electrons. The molecule has 2 aromatic carbocycles. The summed E-state index contributed by atoms with van der Waals surface area (Å²) in [6, 6.07) is 20.3. The Balaban J connectivity index is 0.00000193. The molecule has 1 unspecified atom stereocenters. The second-order valence-electron chi connectivity index (χ2n) is 7.77. The smallest absolute Gasteiger partial charge is 0.219 e. The zero-order chi connectivity index (χ0) is 21.5. The maximum absolute atomic E-state index is 6.23. The molecular formula is C26H33Cl2N3O2. The summed E-state index contributed by atoms with van der Waals surface area (Å²) in [6.07, 6.45) is 3.87. The normalized spacial score (nSPS) is 14.3. The summed E-state index contributed by atoms with van der Waals surface area (Å²) >= 11 is 0. The summed E-state index contributed by atoms with van der Waals surface area (Å²) in [5.41, 5.74) is 3.41. The minimum absolute atomic E-state index is 0. The Morgan fingerprint density at radius 3 is 2.52 bits per heavy atom. The van der Waals surface area contributed by atoms with Crippen LogP contribution in [0.1, 0.15) is 37.5 Å². The Kier molecular flexibility index (Phi) is 10.8. The molecule has 2 heterocycles. The second kappa shape index (κ2) is 13.3. The van der Waals surface area contributed by atoms with Crippen molar-refractivity contribution < 1.29 is 9.47 Å². The highest BCUT2D eigenvalue weighted by Crippen LogP contribution is 2.37. The van der Waals surface area contributed by atoms with Gasteiger partial charge in [-0.25, -0.2) is 4.98 Å². The molecule has 33 heavy (non-hydrogen) atoms. The van der Waals surface area contributed by atoms with E-state index < -0.39 is 0 Å². The van der Waals surface area contributed by atoms with E-state index in [0.717, 1.165) is 56.2 Å². The number of anilines is 1. The average Bonchev–Trinajstić information content (AvgIpc) is 2.83. The van der Waals surface area contributed by atoms with Crippen molar-refractivity contribution >= 4 is 30.5 Å². The molecule has 1 N–H and O–H groups in total. The molecule has 0 amide bonds. The number of benzene rings is 2. The molecule has 7 heteroatoms. The van der Waals surface area contributed by atoms with Crippen LogP contribution in [-0.4, -0.2) is 36.1 Å². The SMILES string of the molecule is CCN(CC)CCNc1ccc(Oc2ccc3c(c2)CCC(c2ccccc2)O3)nc1.Cl.Cl. The van der Waals surface area contributed by atoms with Crippen molar-refractivity contribution in [2.75, 3.05) is 31.5 Å². The standard InChI is InChI=1S/C26H31N3O2.2ClH/c1-3-29(4-2)17-16-27-22-11-15-26(28-19-22)30-23-12-14-25-21(18-23)10-13-24(31-25)20-8-6-5-7-9-20;;/h5-9,11-12,14-15,18-19,24,27H,3-4,10,13,16-17H2,1-2H3;2*1H. The average molecular weight is 490 g/mol. The zero-order valence-electron chi connectivity index (χ0n) is 19.2. The van der Waals surface area contributed by atoms with Crippen molar-refractivity contribution in [2.45, 2.75) is 32.8 Å². The number of aromatic nitrogens is 1. The molecule has 1 aliphatic rings. The summed E-state index contributed by atoms with van der Waals surface area (Å²) in [4.78, 5) is 6.83. The maximum Gasteiger partial charge on any atom is 0.219 e. The number of pyridine rings is 1. The van der Waals surface area contributed by atoms with Crippen molar-refractivity contribution in [2.24, 2.45) is 0 Å². The van der Waals surface area contributed by atoms with Gasteiger partial charge in [0.15, 0.2) is 0 Å². The molecule has 0 spiro atoms. The monoisotopic (exact) mass is 489 g/mol. The fourth-order valence-electron chi connectivity index (χ4n) is 3.89. The third kappa shape index (κ3) is 7.26. The van der Waals surface area contributed by atoms with E-state index in [1.54, 1.807) is 0 Å². The summed E-state index contributed by atoms with van der Waals surface area (Å²) in [7, 11) is 0. The van der Waals surface area contributed by atoms with Crippen LogP contribution in [0, 0.1) is 0 Å². The van der Waals surface area contributed by atoms with Crippen molar-refractivity contribution in [1.29, 1.82) is 0 Å². The van der Waals surface area contributed by atoms with Gasteiger partial charge in [0.25, 0.3) is 0 Å². The molecule has 0 aliphatic carbocycles. The number of ether oxygens (including phenoxy) is 2. The van der Waals surface area contributed by atoms with Gasteiger partial charge in [-0.05, 0) is 61.3 Å². The van der Waals surface area contributed by atoms with Crippen molar-refractivity contribution in [3.8, 4) is 17.4 Å².